The molecule has 0 bridgehead atoms. The molecule has 8 heteroatoms. The van der Waals surface area contributed by atoms with Crippen LogP contribution in [0.5, 0.6) is 0 Å². The molecule has 1 aromatic carbocycles. The van der Waals surface area contributed by atoms with Gasteiger partial charge in [-0.3, -0.25) is 14.6 Å². The monoisotopic (exact) mass is 364 g/mol. The van der Waals surface area contributed by atoms with Crippen LogP contribution in [0.1, 0.15) is 18.4 Å². The molecule has 1 fully saturated rings. The number of carbonyl (C=O) groups is 1. The summed E-state index contributed by atoms with van der Waals surface area (Å²) < 4.78 is 1.67. The largest absolute Gasteiger partial charge is 0.342 e. The number of hydrogen-bond acceptors (Lipinski definition) is 5. The van der Waals surface area contributed by atoms with Gasteiger partial charge in [0, 0.05) is 32.9 Å². The number of fused-ring (bicyclic) bond motifs is 3. The number of para-hydroxylation sites is 1. The number of anilines is 2. The average Bonchev–Trinajstić information content (AvgIpc) is 3.16. The van der Waals surface area contributed by atoms with Crippen molar-refractivity contribution in [1.82, 2.24) is 19.5 Å². The molecule has 2 aliphatic heterocycles. The van der Waals surface area contributed by atoms with Crippen molar-refractivity contribution < 1.29 is 4.79 Å². The van der Waals surface area contributed by atoms with E-state index in [0.717, 1.165) is 11.3 Å². The predicted molar refractivity (Wildman–Crippen MR) is 102 cm³/mol. The number of nitrogens with zero attached hydrogens (tertiary/aromatic N) is 5. The van der Waals surface area contributed by atoms with E-state index in [2.05, 4.69) is 21.0 Å². The minimum absolute atomic E-state index is 0.157. The van der Waals surface area contributed by atoms with Crippen LogP contribution in [0.25, 0.3) is 11.2 Å². The number of amides is 1. The van der Waals surface area contributed by atoms with Crippen molar-refractivity contribution in [2.24, 2.45) is 7.05 Å². The third-order valence-corrected chi connectivity index (χ3v) is 5.98. The number of likely N-dealkylation sites (N-methyl/N-ethyl adjacent to an activating group) is 1. The number of benzene rings is 1. The summed E-state index contributed by atoms with van der Waals surface area (Å²) in [5, 5.41) is 0. The first-order valence-electron chi connectivity index (χ1n) is 9.05. The molecular formula is C19H20N6O2. The normalized spacial score (nSPS) is 18.5. The Morgan fingerprint density at radius 2 is 1.85 bits per heavy atom. The van der Waals surface area contributed by atoms with Crippen LogP contribution in [0.3, 0.4) is 0 Å². The van der Waals surface area contributed by atoms with Gasteiger partial charge in [0.15, 0.2) is 11.2 Å². The molecule has 1 N–H and O–H groups in total. The number of nitrogens with one attached hydrogen (secondary N) is 1. The smallest absolute Gasteiger partial charge is 0.278 e. The SMILES string of the molecule is CN1C(=O)C2(CCN(c3nc4ncn(C)c4c(=O)[nH]3)CC2)c2ccccc21. The molecule has 27 heavy (non-hydrogen) atoms. The van der Waals surface area contributed by atoms with Crippen molar-refractivity contribution in [3.05, 3.63) is 46.5 Å². The minimum Gasteiger partial charge on any atom is -0.342 e. The maximum atomic E-state index is 13.0. The first kappa shape index (κ1) is 16.0. The van der Waals surface area contributed by atoms with Gasteiger partial charge in [-0.15, -0.1) is 0 Å². The summed E-state index contributed by atoms with van der Waals surface area (Å²) in [6.07, 6.45) is 2.97. The average molecular weight is 364 g/mol. The van der Waals surface area contributed by atoms with Crippen molar-refractivity contribution in [1.29, 1.82) is 0 Å². The maximum absolute atomic E-state index is 13.0. The second-order valence-electron chi connectivity index (χ2n) is 7.37. The minimum atomic E-state index is -0.475. The number of piperidine rings is 1. The van der Waals surface area contributed by atoms with Crippen molar-refractivity contribution in [2.45, 2.75) is 18.3 Å². The Hall–Kier alpha value is -3.16. The fourth-order valence-corrected chi connectivity index (χ4v) is 4.50. The number of aryl methyl sites for hydroxylation is 1. The lowest BCUT2D eigenvalue weighted by Gasteiger charge is -2.38. The van der Waals surface area contributed by atoms with Crippen molar-refractivity contribution in [3.63, 3.8) is 0 Å². The van der Waals surface area contributed by atoms with Crippen LogP contribution in [0.4, 0.5) is 11.6 Å². The Bertz CT molecular complexity index is 1120. The molecule has 1 spiro atoms. The molecule has 2 aliphatic rings. The lowest BCUT2D eigenvalue weighted by atomic mass is 9.73. The molecule has 0 saturated carbocycles. The first-order chi connectivity index (χ1) is 13.0. The topological polar surface area (TPSA) is 87.1 Å². The van der Waals surface area contributed by atoms with Gasteiger partial charge >= 0.3 is 0 Å². The van der Waals surface area contributed by atoms with Crippen LogP contribution >= 0.6 is 0 Å². The highest BCUT2D eigenvalue weighted by molar-refractivity contribution is 6.07. The second-order valence-corrected chi connectivity index (χ2v) is 7.37. The number of aromatic nitrogens is 4. The van der Waals surface area contributed by atoms with Crippen molar-refractivity contribution in [3.8, 4) is 0 Å². The molecule has 1 amide bonds. The Morgan fingerprint density at radius 3 is 2.63 bits per heavy atom. The summed E-state index contributed by atoms with van der Waals surface area (Å²) in [6, 6.07) is 8.02. The van der Waals surface area contributed by atoms with E-state index in [4.69, 9.17) is 0 Å². The lowest BCUT2D eigenvalue weighted by molar-refractivity contribution is -0.123. The number of H-pyrrole nitrogens is 1. The van der Waals surface area contributed by atoms with Crippen molar-refractivity contribution in [2.75, 3.05) is 29.9 Å². The second kappa shape index (κ2) is 5.42. The van der Waals surface area contributed by atoms with E-state index in [-0.39, 0.29) is 11.5 Å². The van der Waals surface area contributed by atoms with Crippen molar-refractivity contribution >= 4 is 28.7 Å². The van der Waals surface area contributed by atoms with E-state index in [9.17, 15) is 9.59 Å². The number of aromatic amines is 1. The van der Waals surface area contributed by atoms with Gasteiger partial charge in [-0.1, -0.05) is 18.2 Å². The lowest BCUT2D eigenvalue weighted by Crippen LogP contribution is -2.48. The van der Waals surface area contributed by atoms with Gasteiger partial charge in [0.2, 0.25) is 11.9 Å². The van der Waals surface area contributed by atoms with Gasteiger partial charge < -0.3 is 14.4 Å². The third kappa shape index (κ3) is 2.09. The first-order valence-corrected chi connectivity index (χ1v) is 9.05. The summed E-state index contributed by atoms with van der Waals surface area (Å²) in [5.74, 6) is 0.679. The highest BCUT2D eigenvalue weighted by Gasteiger charge is 2.51. The zero-order valence-electron chi connectivity index (χ0n) is 15.3. The Labute approximate surface area is 155 Å². The molecule has 5 rings (SSSR count). The van der Waals surface area contributed by atoms with E-state index in [1.165, 1.54) is 0 Å². The summed E-state index contributed by atoms with van der Waals surface area (Å²) in [5.41, 5.74) is 2.35. The number of carbonyl (C=O) groups excluding carboxylic acids is 1. The van der Waals surface area contributed by atoms with Gasteiger partial charge in [0.05, 0.1) is 11.7 Å². The van der Waals surface area contributed by atoms with E-state index >= 15 is 0 Å². The van der Waals surface area contributed by atoms with Crippen LogP contribution in [-0.4, -0.2) is 45.6 Å². The fourth-order valence-electron chi connectivity index (χ4n) is 4.50. The summed E-state index contributed by atoms with van der Waals surface area (Å²) >= 11 is 0. The summed E-state index contributed by atoms with van der Waals surface area (Å²) in [6.45, 7) is 1.30. The van der Waals surface area contributed by atoms with Crippen LogP contribution in [0, 0.1) is 0 Å². The highest BCUT2D eigenvalue weighted by atomic mass is 16.2. The van der Waals surface area contributed by atoms with Gasteiger partial charge in [0.1, 0.15) is 0 Å². The zero-order chi connectivity index (χ0) is 18.8. The fraction of sp³-hybridized carbons (Fsp3) is 0.368. The third-order valence-electron chi connectivity index (χ3n) is 5.98. The predicted octanol–water partition coefficient (Wildman–Crippen LogP) is 1.17. The quantitative estimate of drug-likeness (QED) is 0.700. The Morgan fingerprint density at radius 1 is 1.11 bits per heavy atom. The molecule has 0 unspecified atom stereocenters. The standard InChI is InChI=1S/C19H20N6O2/c1-23-11-20-15-14(23)16(26)22-18(21-15)25-9-7-19(8-10-25)12-5-3-4-6-13(12)24(2)17(19)27/h3-6,11H,7-10H2,1-2H3,(H,21,22,26). The van der Waals surface area contributed by atoms with Crippen LogP contribution in [-0.2, 0) is 17.3 Å². The molecule has 4 heterocycles. The van der Waals surface area contributed by atoms with Gasteiger partial charge in [-0.2, -0.15) is 4.98 Å². The molecular weight excluding hydrogens is 344 g/mol. The number of imidazole rings is 1. The summed E-state index contributed by atoms with van der Waals surface area (Å²) in [7, 11) is 3.62. The van der Waals surface area contributed by atoms with Gasteiger partial charge in [-0.25, -0.2) is 4.98 Å². The summed E-state index contributed by atoms with van der Waals surface area (Å²) in [4.78, 5) is 40.8. The van der Waals surface area contributed by atoms with Gasteiger partial charge in [-0.05, 0) is 24.5 Å². The Balaban J connectivity index is 1.47. The molecule has 138 valence electrons. The molecule has 8 nitrogen and oxygen atoms in total. The van der Waals surface area contributed by atoms with E-state index in [1.54, 1.807) is 22.8 Å². The van der Waals surface area contributed by atoms with Crippen LogP contribution in [0.2, 0.25) is 0 Å². The highest BCUT2D eigenvalue weighted by Crippen LogP contribution is 2.47. The maximum Gasteiger partial charge on any atom is 0.278 e. The Kier molecular flexibility index (Phi) is 3.22. The van der Waals surface area contributed by atoms with Crippen LogP contribution < -0.4 is 15.4 Å². The number of hydrogen-bond donors (Lipinski definition) is 1. The van der Waals surface area contributed by atoms with E-state index in [0.29, 0.717) is 43.0 Å². The molecule has 0 aliphatic carbocycles. The molecule has 1 saturated heterocycles. The van der Waals surface area contributed by atoms with E-state index in [1.807, 2.05) is 30.1 Å². The molecule has 3 aromatic rings. The molecule has 0 atom stereocenters. The number of rotatable bonds is 1. The van der Waals surface area contributed by atoms with Gasteiger partial charge in [0.25, 0.3) is 5.56 Å². The van der Waals surface area contributed by atoms with Crippen LogP contribution in [0.15, 0.2) is 35.4 Å². The molecule has 2 aromatic heterocycles. The zero-order valence-corrected chi connectivity index (χ0v) is 15.3. The molecule has 0 radical (unpaired) electrons. The van der Waals surface area contributed by atoms with E-state index < -0.39 is 5.41 Å².